The van der Waals surface area contributed by atoms with Crippen LogP contribution >= 0.6 is 23.2 Å². The second-order valence-electron chi connectivity index (χ2n) is 4.76. The number of aromatic nitrogens is 2. The van der Waals surface area contributed by atoms with Crippen molar-refractivity contribution in [2.45, 2.75) is 17.4 Å². The van der Waals surface area contributed by atoms with Gasteiger partial charge in [-0.25, -0.2) is 13.5 Å². The molecule has 1 aromatic heterocycles. The van der Waals surface area contributed by atoms with E-state index in [-0.39, 0.29) is 16.8 Å². The third-order valence-electron chi connectivity index (χ3n) is 3.12. The Balaban J connectivity index is 2.77. The Morgan fingerprint density at radius 3 is 2.26 bits per heavy atom. The van der Waals surface area contributed by atoms with Crippen molar-refractivity contribution in [3.8, 4) is 11.8 Å². The third-order valence-corrected chi connectivity index (χ3v) is 4.76. The molecule has 0 fully saturated rings. The van der Waals surface area contributed by atoms with Crippen molar-refractivity contribution in [2.75, 3.05) is 0 Å². The van der Waals surface area contributed by atoms with Gasteiger partial charge in [0, 0.05) is 0 Å². The van der Waals surface area contributed by atoms with E-state index in [4.69, 9.17) is 28.5 Å². The summed E-state index contributed by atoms with van der Waals surface area (Å²) in [5, 5.41) is 10.5. The molecule has 0 bridgehead atoms. The van der Waals surface area contributed by atoms with Gasteiger partial charge in [0.05, 0.1) is 10.6 Å². The smallest absolute Gasteiger partial charge is 0.250 e. The molecule has 14 heteroatoms. The Bertz CT molecular complexity index is 932. The highest BCUT2D eigenvalue weighted by Crippen LogP contribution is 2.39. The van der Waals surface area contributed by atoms with Crippen molar-refractivity contribution in [1.29, 1.82) is 5.26 Å². The van der Waals surface area contributed by atoms with Crippen LogP contribution in [0, 0.1) is 17.1 Å². The Morgan fingerprint density at radius 2 is 1.81 bits per heavy atom. The van der Waals surface area contributed by atoms with Gasteiger partial charge in [-0.15, -0.1) is 0 Å². The topological polar surface area (TPSA) is 58.7 Å². The zero-order valence-electron chi connectivity index (χ0n) is 12.4. The van der Waals surface area contributed by atoms with E-state index in [0.717, 1.165) is 0 Å². The maximum absolute atomic E-state index is 14.3. The molecule has 2 atom stereocenters. The molecule has 2 rings (SSSR count). The van der Waals surface area contributed by atoms with Crippen LogP contribution in [0.15, 0.2) is 12.1 Å². The van der Waals surface area contributed by atoms with Crippen LogP contribution in [-0.2, 0) is 17.0 Å². The molecule has 0 N–H and O–H groups in total. The average Bonchev–Trinajstić information content (AvgIpc) is 2.88. The van der Waals surface area contributed by atoms with Crippen LogP contribution in [0.5, 0.6) is 0 Å². The molecule has 1 heterocycles. The van der Waals surface area contributed by atoms with Gasteiger partial charge in [0.15, 0.2) is 11.5 Å². The Labute approximate surface area is 158 Å². The van der Waals surface area contributed by atoms with E-state index in [9.17, 15) is 34.9 Å². The predicted molar refractivity (Wildman–Crippen MR) is 81.3 cm³/mol. The first kappa shape index (κ1) is 21.5. The predicted octanol–water partition coefficient (Wildman–Crippen LogP) is 5.15. The van der Waals surface area contributed by atoms with E-state index in [1.165, 1.54) is 6.07 Å². The lowest BCUT2D eigenvalue weighted by Crippen LogP contribution is -2.15. The lowest BCUT2D eigenvalue weighted by Gasteiger charge is -2.15. The fraction of sp³-hybridized carbons (Fsp3) is 0.231. The number of benzene rings is 1. The summed E-state index contributed by atoms with van der Waals surface area (Å²) in [6, 6.07) is 1.65. The van der Waals surface area contributed by atoms with Crippen molar-refractivity contribution in [3.05, 3.63) is 44.9 Å². The highest BCUT2D eigenvalue weighted by molar-refractivity contribution is 7.85. The van der Waals surface area contributed by atoms with Crippen molar-refractivity contribution >= 4 is 34.0 Å². The number of rotatable bonds is 4. The van der Waals surface area contributed by atoms with E-state index >= 15 is 0 Å². The maximum atomic E-state index is 14.3. The quantitative estimate of drug-likeness (QED) is 0.601. The number of halogens is 9. The second kappa shape index (κ2) is 7.65. The molecule has 0 saturated carbocycles. The number of nitrogens with zero attached hydrogens (tertiary/aromatic N) is 3. The first-order chi connectivity index (χ1) is 12.4. The van der Waals surface area contributed by atoms with Crippen molar-refractivity contribution in [3.63, 3.8) is 0 Å². The summed E-state index contributed by atoms with van der Waals surface area (Å²) >= 11 is 11.3. The van der Waals surface area contributed by atoms with Crippen LogP contribution in [0.25, 0.3) is 5.69 Å². The summed E-state index contributed by atoms with van der Waals surface area (Å²) in [4.78, 5) is 0. The number of hydrogen-bond donors (Lipinski definition) is 0. The molecule has 4 nitrogen and oxygen atoms in total. The standard InChI is InChI=1S/C13H4Cl2F7N3OS/c14-5-1-4(13(20,21)22)2-6(16)9(5)25-10(8(15)7(3-23)24-25)11(17)27(26)12(18)19/h1-2,11-12H. The average molecular weight is 454 g/mol. The molecule has 1 aromatic carbocycles. The minimum atomic E-state index is -4.97. The molecule has 0 aliphatic carbocycles. The molecule has 2 unspecified atom stereocenters. The molecule has 27 heavy (non-hydrogen) atoms. The van der Waals surface area contributed by atoms with E-state index < -0.39 is 66.7 Å². The normalized spacial score (nSPS) is 14.3. The van der Waals surface area contributed by atoms with Crippen molar-refractivity contribution in [2.24, 2.45) is 0 Å². The maximum Gasteiger partial charge on any atom is 0.416 e. The van der Waals surface area contributed by atoms with E-state index in [0.29, 0.717) is 0 Å². The zero-order chi connectivity index (χ0) is 20.7. The summed E-state index contributed by atoms with van der Waals surface area (Å²) in [6.07, 6.45) is -4.97. The number of alkyl halides is 6. The monoisotopic (exact) mass is 453 g/mol. The molecule has 0 amide bonds. The van der Waals surface area contributed by atoms with Gasteiger partial charge in [-0.1, -0.05) is 23.2 Å². The molecular weight excluding hydrogens is 450 g/mol. The Hall–Kier alpha value is -1.84. The van der Waals surface area contributed by atoms with Gasteiger partial charge in [-0.2, -0.15) is 32.3 Å². The van der Waals surface area contributed by atoms with Crippen LogP contribution < -0.4 is 0 Å². The number of nitriles is 1. The highest BCUT2D eigenvalue weighted by Gasteiger charge is 2.36. The minimum Gasteiger partial charge on any atom is -0.250 e. The first-order valence-corrected chi connectivity index (χ1v) is 8.50. The number of hydrogen-bond acceptors (Lipinski definition) is 3. The van der Waals surface area contributed by atoms with Crippen LogP contribution in [0.1, 0.15) is 22.5 Å². The molecule has 0 aliphatic heterocycles. The third kappa shape index (κ3) is 4.04. The van der Waals surface area contributed by atoms with Crippen LogP contribution in [0.3, 0.4) is 0 Å². The summed E-state index contributed by atoms with van der Waals surface area (Å²) in [6.45, 7) is 0. The summed E-state index contributed by atoms with van der Waals surface area (Å²) in [7, 11) is -3.48. The van der Waals surface area contributed by atoms with Crippen LogP contribution in [0.4, 0.5) is 30.7 Å². The van der Waals surface area contributed by atoms with Crippen LogP contribution in [-0.4, -0.2) is 19.7 Å². The molecular formula is C13H4Cl2F7N3OS. The molecule has 0 saturated heterocycles. The molecule has 2 aromatic rings. The van der Waals surface area contributed by atoms with Crippen molar-refractivity contribution in [1.82, 2.24) is 9.78 Å². The van der Waals surface area contributed by atoms with Crippen molar-refractivity contribution < 1.29 is 34.9 Å². The lowest BCUT2D eigenvalue weighted by molar-refractivity contribution is -0.137. The largest absolute Gasteiger partial charge is 0.416 e. The minimum absolute atomic E-state index is 0.00391. The zero-order valence-corrected chi connectivity index (χ0v) is 14.7. The fourth-order valence-corrected chi connectivity index (χ4v) is 3.21. The second-order valence-corrected chi connectivity index (χ2v) is 6.98. The Kier molecular flexibility index (Phi) is 6.08. The fourth-order valence-electron chi connectivity index (χ4n) is 1.98. The van der Waals surface area contributed by atoms with Gasteiger partial charge in [0.25, 0.3) is 0 Å². The molecule has 0 radical (unpaired) electrons. The van der Waals surface area contributed by atoms with Gasteiger partial charge in [-0.05, 0) is 12.1 Å². The molecule has 0 spiro atoms. The summed E-state index contributed by atoms with van der Waals surface area (Å²) < 4.78 is 103. The van der Waals surface area contributed by atoms with Gasteiger partial charge in [0.1, 0.15) is 33.3 Å². The highest BCUT2D eigenvalue weighted by atomic mass is 35.5. The van der Waals surface area contributed by atoms with Gasteiger partial charge in [0.2, 0.25) is 5.50 Å². The van der Waals surface area contributed by atoms with Gasteiger partial charge < -0.3 is 0 Å². The summed E-state index contributed by atoms with van der Waals surface area (Å²) in [5.41, 5.74) is -7.40. The lowest BCUT2D eigenvalue weighted by atomic mass is 10.2. The van der Waals surface area contributed by atoms with E-state index in [1.807, 2.05) is 0 Å². The molecule has 146 valence electrons. The molecule has 0 aliphatic rings. The van der Waals surface area contributed by atoms with Gasteiger partial charge >= 0.3 is 11.9 Å². The first-order valence-electron chi connectivity index (χ1n) is 6.46. The van der Waals surface area contributed by atoms with E-state index in [2.05, 4.69) is 5.10 Å². The van der Waals surface area contributed by atoms with Crippen LogP contribution in [0.2, 0.25) is 10.0 Å². The van der Waals surface area contributed by atoms with Gasteiger partial charge in [-0.3, -0.25) is 4.21 Å². The van der Waals surface area contributed by atoms with E-state index in [1.54, 1.807) is 0 Å². The Morgan fingerprint density at radius 1 is 1.22 bits per heavy atom. The summed E-state index contributed by atoms with van der Waals surface area (Å²) in [5.74, 6) is -5.33. The SMILES string of the molecule is N#Cc1nn(-c2c(F)cc(C(F)(F)F)cc2Cl)c(C(F)S(=O)C(F)F)c1Cl.